The molecule has 0 bridgehead atoms. The fourth-order valence-electron chi connectivity index (χ4n) is 2.37. The van der Waals surface area contributed by atoms with Gasteiger partial charge in [0.1, 0.15) is 12.2 Å². The summed E-state index contributed by atoms with van der Waals surface area (Å²) in [5, 5.41) is 4.06. The third-order valence-corrected chi connectivity index (χ3v) is 3.59. The molecular weight excluding hydrogens is 284 g/mol. The van der Waals surface area contributed by atoms with Gasteiger partial charge in [-0.15, -0.1) is 0 Å². The molecule has 7 heteroatoms. The van der Waals surface area contributed by atoms with Crippen LogP contribution in [-0.2, 0) is 32.2 Å². The summed E-state index contributed by atoms with van der Waals surface area (Å²) >= 11 is 0. The molecule has 0 aliphatic heterocycles. The molecule has 0 saturated heterocycles. The molecule has 0 spiro atoms. The van der Waals surface area contributed by atoms with Crippen molar-refractivity contribution < 1.29 is 4.74 Å². The summed E-state index contributed by atoms with van der Waals surface area (Å²) in [7, 11) is 3.18. The third-order valence-electron chi connectivity index (χ3n) is 3.59. The first-order chi connectivity index (χ1) is 10.6. The minimum absolute atomic E-state index is 0.0345. The Labute approximate surface area is 126 Å². The number of fused-ring (bicyclic) bond motifs is 1. The predicted octanol–water partition coefficient (Wildman–Crippen LogP) is 0.608. The maximum absolute atomic E-state index is 12.4. The van der Waals surface area contributed by atoms with Crippen molar-refractivity contribution in [3.8, 4) is 0 Å². The summed E-state index contributed by atoms with van der Waals surface area (Å²) in [5.74, 6) is 0. The lowest BCUT2D eigenvalue weighted by Gasteiger charge is -2.06. The molecule has 0 atom stereocenters. The maximum Gasteiger partial charge on any atom is 0.328 e. The summed E-state index contributed by atoms with van der Waals surface area (Å²) in [6.07, 6.45) is 1.50. The first-order valence-corrected chi connectivity index (χ1v) is 6.83. The van der Waals surface area contributed by atoms with Gasteiger partial charge in [0.25, 0.3) is 5.56 Å². The fraction of sp³-hybridized carbons (Fsp3) is 0.267. The van der Waals surface area contributed by atoms with Crippen LogP contribution in [0.2, 0.25) is 0 Å². The number of hydrogen-bond donors (Lipinski definition) is 0. The highest BCUT2D eigenvalue weighted by Crippen LogP contribution is 2.05. The molecule has 7 nitrogen and oxygen atoms in total. The average molecular weight is 300 g/mol. The zero-order valence-corrected chi connectivity index (χ0v) is 12.4. The molecule has 3 aromatic rings. The Bertz CT molecular complexity index is 922. The molecule has 0 radical (unpaired) electrons. The Hall–Kier alpha value is -2.67. The molecule has 0 aliphatic carbocycles. The number of nitrogens with zero attached hydrogens (tertiary/aromatic N) is 4. The van der Waals surface area contributed by atoms with Gasteiger partial charge in [-0.2, -0.15) is 5.10 Å². The van der Waals surface area contributed by atoms with E-state index in [-0.39, 0.29) is 18.0 Å². The van der Waals surface area contributed by atoms with Crippen LogP contribution in [0.3, 0.4) is 0 Å². The van der Waals surface area contributed by atoms with E-state index in [0.29, 0.717) is 17.6 Å². The Kier molecular flexibility index (Phi) is 3.64. The van der Waals surface area contributed by atoms with Gasteiger partial charge >= 0.3 is 5.69 Å². The molecule has 0 aliphatic rings. The standard InChI is InChI=1S/C15H16N4O3/c1-17-12-8-16-19(14(20)13(12)18(2)15(17)21)10-22-9-11-6-4-3-5-7-11/h3-8H,9-10H2,1-2H3. The van der Waals surface area contributed by atoms with Crippen molar-refractivity contribution in [1.29, 1.82) is 0 Å². The van der Waals surface area contributed by atoms with E-state index >= 15 is 0 Å². The Balaban J connectivity index is 1.86. The summed E-state index contributed by atoms with van der Waals surface area (Å²) < 4.78 is 9.46. The second kappa shape index (κ2) is 5.61. The Morgan fingerprint density at radius 2 is 1.82 bits per heavy atom. The molecule has 0 fully saturated rings. The van der Waals surface area contributed by atoms with Gasteiger partial charge in [0.15, 0.2) is 0 Å². The molecule has 3 rings (SSSR count). The normalized spacial score (nSPS) is 11.2. The topological polar surface area (TPSA) is 71.0 Å². The summed E-state index contributed by atoms with van der Waals surface area (Å²) in [5.41, 5.74) is 1.26. The molecule has 2 aromatic heterocycles. The van der Waals surface area contributed by atoms with Crippen molar-refractivity contribution in [2.75, 3.05) is 0 Å². The number of hydrogen-bond acceptors (Lipinski definition) is 4. The zero-order valence-electron chi connectivity index (χ0n) is 12.4. The largest absolute Gasteiger partial charge is 0.354 e. The average Bonchev–Trinajstić information content (AvgIpc) is 2.76. The first kappa shape index (κ1) is 14.3. The quantitative estimate of drug-likeness (QED) is 0.708. The highest BCUT2D eigenvalue weighted by molar-refractivity contribution is 5.73. The number of ether oxygens (including phenoxy) is 1. The van der Waals surface area contributed by atoms with Gasteiger partial charge in [-0.05, 0) is 5.56 Å². The second-order valence-corrected chi connectivity index (χ2v) is 5.05. The summed E-state index contributed by atoms with van der Waals surface area (Å²) in [6, 6.07) is 9.67. The summed E-state index contributed by atoms with van der Waals surface area (Å²) in [6.45, 7) is 0.424. The molecule has 0 N–H and O–H groups in total. The van der Waals surface area contributed by atoms with Gasteiger partial charge < -0.3 is 4.74 Å². The SMILES string of the molecule is Cn1c(=O)n(C)c2c(=O)n(COCc3ccccc3)ncc21. The van der Waals surface area contributed by atoms with E-state index in [1.54, 1.807) is 14.1 Å². The van der Waals surface area contributed by atoms with Gasteiger partial charge in [-0.1, -0.05) is 30.3 Å². The predicted molar refractivity (Wildman–Crippen MR) is 81.4 cm³/mol. The van der Waals surface area contributed by atoms with E-state index in [0.717, 1.165) is 5.56 Å². The van der Waals surface area contributed by atoms with Gasteiger partial charge in [0.05, 0.1) is 18.3 Å². The molecule has 2 heterocycles. The van der Waals surface area contributed by atoms with Crippen LogP contribution in [0.4, 0.5) is 0 Å². The Morgan fingerprint density at radius 3 is 2.55 bits per heavy atom. The lowest BCUT2D eigenvalue weighted by atomic mass is 10.2. The zero-order chi connectivity index (χ0) is 15.7. The smallest absolute Gasteiger partial charge is 0.328 e. The van der Waals surface area contributed by atoms with E-state index in [1.807, 2.05) is 30.3 Å². The number of aryl methyl sites for hydroxylation is 2. The lowest BCUT2D eigenvalue weighted by molar-refractivity contribution is 0.0532. The van der Waals surface area contributed by atoms with Crippen LogP contribution >= 0.6 is 0 Å². The van der Waals surface area contributed by atoms with Crippen molar-refractivity contribution in [2.24, 2.45) is 14.1 Å². The molecular formula is C15H16N4O3. The Morgan fingerprint density at radius 1 is 1.09 bits per heavy atom. The molecule has 114 valence electrons. The molecule has 0 saturated carbocycles. The van der Waals surface area contributed by atoms with E-state index in [9.17, 15) is 9.59 Å². The van der Waals surface area contributed by atoms with E-state index in [1.165, 1.54) is 20.0 Å². The van der Waals surface area contributed by atoms with Crippen LogP contribution in [-0.4, -0.2) is 18.9 Å². The number of aromatic nitrogens is 4. The van der Waals surface area contributed by atoms with Crippen LogP contribution in [0.25, 0.3) is 11.0 Å². The molecule has 22 heavy (non-hydrogen) atoms. The van der Waals surface area contributed by atoms with Crippen molar-refractivity contribution in [3.05, 3.63) is 62.9 Å². The van der Waals surface area contributed by atoms with Crippen LogP contribution in [0.15, 0.2) is 46.1 Å². The minimum Gasteiger partial charge on any atom is -0.354 e. The van der Waals surface area contributed by atoms with Gasteiger partial charge in [-0.25, -0.2) is 9.48 Å². The maximum atomic E-state index is 12.4. The van der Waals surface area contributed by atoms with Gasteiger partial charge in [0.2, 0.25) is 0 Å². The highest BCUT2D eigenvalue weighted by atomic mass is 16.5. The highest BCUT2D eigenvalue weighted by Gasteiger charge is 2.13. The minimum atomic E-state index is -0.342. The monoisotopic (exact) mass is 300 g/mol. The number of imidazole rings is 1. The van der Waals surface area contributed by atoms with Crippen LogP contribution < -0.4 is 11.2 Å². The lowest BCUT2D eigenvalue weighted by Crippen LogP contribution is -2.26. The van der Waals surface area contributed by atoms with E-state index < -0.39 is 0 Å². The van der Waals surface area contributed by atoms with Gasteiger partial charge in [0, 0.05) is 14.1 Å². The van der Waals surface area contributed by atoms with Crippen LogP contribution in [0.1, 0.15) is 5.56 Å². The van der Waals surface area contributed by atoms with Crippen LogP contribution in [0.5, 0.6) is 0 Å². The van der Waals surface area contributed by atoms with Crippen molar-refractivity contribution >= 4 is 11.0 Å². The van der Waals surface area contributed by atoms with E-state index in [2.05, 4.69) is 5.10 Å². The molecule has 0 amide bonds. The third kappa shape index (κ3) is 2.35. The fourth-order valence-corrected chi connectivity index (χ4v) is 2.37. The van der Waals surface area contributed by atoms with Crippen molar-refractivity contribution in [3.63, 3.8) is 0 Å². The van der Waals surface area contributed by atoms with Crippen molar-refractivity contribution in [2.45, 2.75) is 13.3 Å². The van der Waals surface area contributed by atoms with Gasteiger partial charge in [-0.3, -0.25) is 13.9 Å². The van der Waals surface area contributed by atoms with Crippen LogP contribution in [0, 0.1) is 0 Å². The first-order valence-electron chi connectivity index (χ1n) is 6.83. The van der Waals surface area contributed by atoms with Crippen molar-refractivity contribution in [1.82, 2.24) is 18.9 Å². The molecule has 1 aromatic carbocycles. The summed E-state index contributed by atoms with van der Waals surface area (Å²) in [4.78, 5) is 24.3. The second-order valence-electron chi connectivity index (χ2n) is 5.05. The number of rotatable bonds is 4. The molecule has 0 unspecified atom stereocenters. The van der Waals surface area contributed by atoms with E-state index in [4.69, 9.17) is 4.74 Å². The number of benzene rings is 1.